The van der Waals surface area contributed by atoms with Crippen molar-refractivity contribution in [1.29, 1.82) is 0 Å². The number of rotatable bonds is 6. The highest BCUT2D eigenvalue weighted by atomic mass is 19.2. The lowest BCUT2D eigenvalue weighted by molar-refractivity contribution is -0.117. The van der Waals surface area contributed by atoms with Gasteiger partial charge in [-0.25, -0.2) is 8.78 Å². The normalized spacial score (nSPS) is 16.2. The second-order valence-electron chi connectivity index (χ2n) is 7.49. The van der Waals surface area contributed by atoms with Gasteiger partial charge in [-0.15, -0.1) is 0 Å². The van der Waals surface area contributed by atoms with Crippen LogP contribution in [0.4, 0.5) is 14.5 Å². The van der Waals surface area contributed by atoms with Crippen molar-refractivity contribution >= 4 is 11.6 Å². The molecule has 1 saturated heterocycles. The number of carbonyl (C=O) groups excluding carboxylic acids is 1. The zero-order valence-corrected chi connectivity index (χ0v) is 17.1. The summed E-state index contributed by atoms with van der Waals surface area (Å²) in [5.41, 5.74) is 1.14. The van der Waals surface area contributed by atoms with E-state index in [2.05, 4.69) is 20.4 Å². The van der Waals surface area contributed by atoms with Gasteiger partial charge in [0.2, 0.25) is 17.6 Å². The van der Waals surface area contributed by atoms with E-state index in [1.807, 2.05) is 42.2 Å². The zero-order chi connectivity index (χ0) is 21.8. The molecule has 2 heterocycles. The van der Waals surface area contributed by atoms with Gasteiger partial charge < -0.3 is 9.84 Å². The van der Waals surface area contributed by atoms with Crippen LogP contribution in [0.3, 0.4) is 0 Å². The van der Waals surface area contributed by atoms with Crippen molar-refractivity contribution in [2.45, 2.75) is 13.0 Å². The summed E-state index contributed by atoms with van der Waals surface area (Å²) in [6, 6.07) is 12.9. The van der Waals surface area contributed by atoms with Crippen LogP contribution in [0.15, 0.2) is 53.1 Å². The highest BCUT2D eigenvalue weighted by molar-refractivity contribution is 5.92. The van der Waals surface area contributed by atoms with Crippen LogP contribution in [-0.2, 0) is 4.79 Å². The Morgan fingerprint density at radius 3 is 2.55 bits per heavy atom. The van der Waals surface area contributed by atoms with Crippen molar-refractivity contribution in [2.75, 3.05) is 38.0 Å². The SMILES string of the molecule is CC(c1nc(-c2ccccc2)no1)N1CCN(CC(=O)Nc2ccc(F)c(F)c2)CC1. The lowest BCUT2D eigenvalue weighted by Gasteiger charge is -2.36. The summed E-state index contributed by atoms with van der Waals surface area (Å²) in [6.45, 7) is 5.06. The minimum Gasteiger partial charge on any atom is -0.337 e. The van der Waals surface area contributed by atoms with Crippen LogP contribution in [0.1, 0.15) is 18.9 Å². The number of benzene rings is 2. The van der Waals surface area contributed by atoms with Gasteiger partial charge in [-0.3, -0.25) is 14.6 Å². The van der Waals surface area contributed by atoms with E-state index in [1.165, 1.54) is 6.07 Å². The molecular weight excluding hydrogens is 404 g/mol. The molecule has 2 aromatic carbocycles. The lowest BCUT2D eigenvalue weighted by atomic mass is 10.2. The number of nitrogens with zero attached hydrogens (tertiary/aromatic N) is 4. The molecule has 1 atom stereocenters. The first-order valence-electron chi connectivity index (χ1n) is 10.1. The molecule has 0 radical (unpaired) electrons. The van der Waals surface area contributed by atoms with E-state index in [9.17, 15) is 13.6 Å². The molecular formula is C22H23F2N5O2. The first kappa shape index (κ1) is 21.1. The third kappa shape index (κ3) is 5.12. The minimum absolute atomic E-state index is 0.0388. The Balaban J connectivity index is 1.28. The van der Waals surface area contributed by atoms with Crippen molar-refractivity contribution in [3.05, 3.63) is 66.1 Å². The highest BCUT2D eigenvalue weighted by Crippen LogP contribution is 2.23. The number of hydrogen-bond donors (Lipinski definition) is 1. The molecule has 31 heavy (non-hydrogen) atoms. The first-order valence-corrected chi connectivity index (χ1v) is 10.1. The van der Waals surface area contributed by atoms with Gasteiger partial charge in [0.15, 0.2) is 11.6 Å². The zero-order valence-electron chi connectivity index (χ0n) is 17.1. The molecule has 9 heteroatoms. The Kier molecular flexibility index (Phi) is 6.34. The first-order chi connectivity index (χ1) is 15.0. The average molecular weight is 427 g/mol. The molecule has 0 bridgehead atoms. The number of nitrogens with one attached hydrogen (secondary N) is 1. The van der Waals surface area contributed by atoms with Crippen LogP contribution < -0.4 is 5.32 Å². The fourth-order valence-corrected chi connectivity index (χ4v) is 3.55. The standard InChI is InChI=1S/C22H23F2N5O2/c1-15(22-26-21(27-31-22)16-5-3-2-4-6-16)29-11-9-28(10-12-29)14-20(30)25-17-7-8-18(23)19(24)13-17/h2-8,13,15H,9-12,14H2,1H3,(H,25,30). The van der Waals surface area contributed by atoms with Crippen molar-refractivity contribution in [3.63, 3.8) is 0 Å². The van der Waals surface area contributed by atoms with Crippen LogP contribution >= 0.6 is 0 Å². The molecule has 7 nitrogen and oxygen atoms in total. The summed E-state index contributed by atoms with van der Waals surface area (Å²) in [6.07, 6.45) is 0. The van der Waals surface area contributed by atoms with Crippen molar-refractivity contribution in [2.24, 2.45) is 0 Å². The monoisotopic (exact) mass is 427 g/mol. The number of aromatic nitrogens is 2. The van der Waals surface area contributed by atoms with Gasteiger partial charge in [0, 0.05) is 43.5 Å². The quantitative estimate of drug-likeness (QED) is 0.651. The summed E-state index contributed by atoms with van der Waals surface area (Å²) in [7, 11) is 0. The minimum atomic E-state index is -0.989. The molecule has 1 aromatic heterocycles. The Bertz CT molecular complexity index is 1040. The number of halogens is 2. The van der Waals surface area contributed by atoms with Gasteiger partial charge in [-0.05, 0) is 19.1 Å². The van der Waals surface area contributed by atoms with Gasteiger partial charge in [0.25, 0.3) is 0 Å². The molecule has 1 aliphatic heterocycles. The second-order valence-corrected chi connectivity index (χ2v) is 7.49. The number of hydrogen-bond acceptors (Lipinski definition) is 6. The Labute approximate surface area is 178 Å². The fraction of sp³-hybridized carbons (Fsp3) is 0.318. The summed E-state index contributed by atoms with van der Waals surface area (Å²) < 4.78 is 31.8. The fourth-order valence-electron chi connectivity index (χ4n) is 3.55. The van der Waals surface area contributed by atoms with Crippen molar-refractivity contribution in [1.82, 2.24) is 19.9 Å². The molecule has 0 aliphatic carbocycles. The molecule has 162 valence electrons. The molecule has 1 N–H and O–H groups in total. The Morgan fingerprint density at radius 1 is 1.10 bits per heavy atom. The van der Waals surface area contributed by atoms with Crippen LogP contribution in [0, 0.1) is 11.6 Å². The third-order valence-electron chi connectivity index (χ3n) is 5.36. The van der Waals surface area contributed by atoms with Gasteiger partial charge in [0.1, 0.15) is 0 Å². The van der Waals surface area contributed by atoms with Crippen LogP contribution in [0.25, 0.3) is 11.4 Å². The number of amides is 1. The molecule has 3 aromatic rings. The van der Waals surface area contributed by atoms with E-state index in [4.69, 9.17) is 4.52 Å². The smallest absolute Gasteiger partial charge is 0.244 e. The predicted molar refractivity (Wildman–Crippen MR) is 111 cm³/mol. The number of anilines is 1. The Hall–Kier alpha value is -3.17. The molecule has 0 saturated carbocycles. The van der Waals surface area contributed by atoms with E-state index in [1.54, 1.807) is 0 Å². The summed E-state index contributed by atoms with van der Waals surface area (Å²) in [5, 5.41) is 6.68. The molecule has 1 unspecified atom stereocenters. The molecule has 1 fully saturated rings. The van der Waals surface area contributed by atoms with Gasteiger partial charge >= 0.3 is 0 Å². The molecule has 0 spiro atoms. The van der Waals surface area contributed by atoms with Crippen molar-refractivity contribution in [3.8, 4) is 11.4 Å². The summed E-state index contributed by atoms with van der Waals surface area (Å²) in [4.78, 5) is 21.0. The largest absolute Gasteiger partial charge is 0.337 e. The van der Waals surface area contributed by atoms with E-state index in [0.29, 0.717) is 24.8 Å². The van der Waals surface area contributed by atoms with E-state index in [-0.39, 0.29) is 24.2 Å². The van der Waals surface area contributed by atoms with E-state index < -0.39 is 11.6 Å². The van der Waals surface area contributed by atoms with E-state index in [0.717, 1.165) is 30.8 Å². The topological polar surface area (TPSA) is 74.5 Å². The van der Waals surface area contributed by atoms with Gasteiger partial charge in [-0.2, -0.15) is 4.98 Å². The maximum absolute atomic E-state index is 13.3. The van der Waals surface area contributed by atoms with Gasteiger partial charge in [0.05, 0.1) is 12.6 Å². The highest BCUT2D eigenvalue weighted by Gasteiger charge is 2.26. The number of carbonyl (C=O) groups is 1. The molecule has 1 amide bonds. The summed E-state index contributed by atoms with van der Waals surface area (Å²) >= 11 is 0. The predicted octanol–water partition coefficient (Wildman–Crippen LogP) is 3.33. The maximum atomic E-state index is 13.3. The Morgan fingerprint density at radius 2 is 1.84 bits per heavy atom. The maximum Gasteiger partial charge on any atom is 0.244 e. The van der Waals surface area contributed by atoms with E-state index >= 15 is 0 Å². The molecule has 4 rings (SSSR count). The third-order valence-corrected chi connectivity index (χ3v) is 5.36. The second kappa shape index (κ2) is 9.32. The van der Waals surface area contributed by atoms with Crippen LogP contribution in [0.2, 0.25) is 0 Å². The molecule has 1 aliphatic rings. The van der Waals surface area contributed by atoms with Crippen molar-refractivity contribution < 1.29 is 18.1 Å². The lowest BCUT2D eigenvalue weighted by Crippen LogP contribution is -2.49. The summed E-state index contributed by atoms with van der Waals surface area (Å²) in [5.74, 6) is -1.08. The van der Waals surface area contributed by atoms with Crippen LogP contribution in [0.5, 0.6) is 0 Å². The number of piperazine rings is 1. The van der Waals surface area contributed by atoms with Crippen LogP contribution in [-0.4, -0.2) is 58.6 Å². The van der Waals surface area contributed by atoms with Gasteiger partial charge in [-0.1, -0.05) is 35.5 Å². The average Bonchev–Trinajstić information content (AvgIpc) is 3.27.